The second-order valence-corrected chi connectivity index (χ2v) is 10.9. The van der Waals surface area contributed by atoms with Gasteiger partial charge in [0.05, 0.1) is 18.5 Å². The molecular formula is C26H30O7. The van der Waals surface area contributed by atoms with Crippen molar-refractivity contribution in [2.75, 3.05) is 6.61 Å². The van der Waals surface area contributed by atoms with E-state index in [1.54, 1.807) is 24.3 Å². The van der Waals surface area contributed by atoms with Gasteiger partial charge in [-0.1, -0.05) is 25.5 Å². The zero-order valence-corrected chi connectivity index (χ0v) is 18.9. The lowest BCUT2D eigenvalue weighted by molar-refractivity contribution is -0.203. The van der Waals surface area contributed by atoms with Gasteiger partial charge in [-0.2, -0.15) is 0 Å². The van der Waals surface area contributed by atoms with Crippen molar-refractivity contribution in [2.24, 2.45) is 28.6 Å². The normalized spacial score (nSPS) is 48.0. The fourth-order valence-corrected chi connectivity index (χ4v) is 8.24. The quantitative estimate of drug-likeness (QED) is 0.723. The Bertz CT molecular complexity index is 1060. The third-order valence-electron chi connectivity index (χ3n) is 9.57. The van der Waals surface area contributed by atoms with Crippen LogP contribution >= 0.6 is 0 Å². The Kier molecular flexibility index (Phi) is 4.54. The van der Waals surface area contributed by atoms with Gasteiger partial charge in [-0.3, -0.25) is 9.59 Å². The first kappa shape index (κ1) is 21.5. The van der Waals surface area contributed by atoms with Gasteiger partial charge in [-0.25, -0.2) is 0 Å². The largest absolute Gasteiger partial charge is 0.464 e. The zero-order chi connectivity index (χ0) is 23.2. The summed E-state index contributed by atoms with van der Waals surface area (Å²) >= 11 is 0. The molecule has 7 heteroatoms. The summed E-state index contributed by atoms with van der Waals surface area (Å²) in [5.74, 6) is 0.254. The van der Waals surface area contributed by atoms with E-state index >= 15 is 0 Å². The van der Waals surface area contributed by atoms with E-state index < -0.39 is 41.9 Å². The highest BCUT2D eigenvalue weighted by Gasteiger charge is 2.76. The van der Waals surface area contributed by atoms with E-state index in [1.807, 2.05) is 13.0 Å². The number of Topliss-reactive ketones (excluding diaryl/α,β-unsaturated/α-hetero) is 1. The van der Waals surface area contributed by atoms with E-state index in [2.05, 4.69) is 6.92 Å². The van der Waals surface area contributed by atoms with E-state index in [1.165, 1.54) is 6.26 Å². The molecule has 0 bridgehead atoms. The minimum atomic E-state index is -1.34. The van der Waals surface area contributed by atoms with Crippen LogP contribution in [0.25, 0.3) is 0 Å². The summed E-state index contributed by atoms with van der Waals surface area (Å²) in [6.07, 6.45) is 7.42. The molecule has 4 aliphatic carbocycles. The molecule has 1 unspecified atom stereocenters. The van der Waals surface area contributed by atoms with Crippen molar-refractivity contribution in [1.82, 2.24) is 0 Å². The number of furan rings is 1. The minimum Gasteiger partial charge on any atom is -0.464 e. The highest BCUT2D eigenvalue weighted by Crippen LogP contribution is 2.70. The summed E-state index contributed by atoms with van der Waals surface area (Å²) in [5, 5.41) is 21.5. The van der Waals surface area contributed by atoms with E-state index in [0.29, 0.717) is 18.6 Å². The number of carbonyl (C=O) groups excluding carboxylic acids is 2. The molecule has 3 saturated carbocycles. The summed E-state index contributed by atoms with van der Waals surface area (Å²) in [6, 6.07) is 3.49. The summed E-state index contributed by atoms with van der Waals surface area (Å²) in [4.78, 5) is 25.4. The van der Waals surface area contributed by atoms with Crippen LogP contribution in [0.5, 0.6) is 0 Å². The predicted octanol–water partition coefficient (Wildman–Crippen LogP) is 2.88. The standard InChI is InChI=1S/C26H30O7/c1-24-8-7-15(28)10-14(24)5-6-16-17-11-21-26(20(30)13-27,25(17,2)12-18(29)22(16)24)33-23(32-21)19-4-3-9-31-19/h3-4,7-10,16-18,21-23,27,29H,5-6,11-13H2,1-2H3/t16-,17-,18-,21+,22+,23?,24-,25-,26+/m0/s1. The van der Waals surface area contributed by atoms with Gasteiger partial charge < -0.3 is 24.1 Å². The second-order valence-electron chi connectivity index (χ2n) is 10.9. The van der Waals surface area contributed by atoms with E-state index in [4.69, 9.17) is 13.9 Å². The van der Waals surface area contributed by atoms with Crippen molar-refractivity contribution in [3.05, 3.63) is 48.0 Å². The molecule has 2 N–H and O–H groups in total. The number of fused-ring (bicyclic) bond motifs is 7. The first-order valence-corrected chi connectivity index (χ1v) is 11.9. The Labute approximate surface area is 192 Å². The number of rotatable bonds is 3. The highest BCUT2D eigenvalue weighted by atomic mass is 16.8. The molecule has 1 aromatic rings. The van der Waals surface area contributed by atoms with Gasteiger partial charge in [-0.05, 0) is 61.8 Å². The lowest BCUT2D eigenvalue weighted by atomic mass is 9.46. The number of allylic oxidation sites excluding steroid dienone is 4. The van der Waals surface area contributed by atoms with Crippen molar-refractivity contribution in [3.63, 3.8) is 0 Å². The van der Waals surface area contributed by atoms with Crippen molar-refractivity contribution < 1.29 is 33.7 Å². The number of carbonyl (C=O) groups is 2. The Morgan fingerprint density at radius 3 is 2.85 bits per heavy atom. The number of ketones is 2. The van der Waals surface area contributed by atoms with Crippen LogP contribution in [0.15, 0.2) is 46.6 Å². The molecule has 2 heterocycles. The molecule has 176 valence electrons. The van der Waals surface area contributed by atoms with Crippen LogP contribution in [-0.2, 0) is 19.1 Å². The van der Waals surface area contributed by atoms with Gasteiger partial charge in [-0.15, -0.1) is 0 Å². The predicted molar refractivity (Wildman–Crippen MR) is 116 cm³/mol. The van der Waals surface area contributed by atoms with Crippen LogP contribution in [0.3, 0.4) is 0 Å². The average Bonchev–Trinajstić information content (AvgIpc) is 3.48. The average molecular weight is 455 g/mol. The van der Waals surface area contributed by atoms with Crippen molar-refractivity contribution >= 4 is 11.6 Å². The maximum absolute atomic E-state index is 13.4. The smallest absolute Gasteiger partial charge is 0.218 e. The molecule has 7 nitrogen and oxygen atoms in total. The van der Waals surface area contributed by atoms with Gasteiger partial charge >= 0.3 is 0 Å². The van der Waals surface area contributed by atoms with Gasteiger partial charge in [0.25, 0.3) is 0 Å². The van der Waals surface area contributed by atoms with Crippen LogP contribution in [0, 0.1) is 28.6 Å². The zero-order valence-electron chi connectivity index (χ0n) is 18.9. The van der Waals surface area contributed by atoms with Crippen LogP contribution in [0.4, 0.5) is 0 Å². The van der Waals surface area contributed by atoms with Crippen LogP contribution in [0.1, 0.15) is 51.6 Å². The number of aliphatic hydroxyl groups excluding tert-OH is 2. The molecular weight excluding hydrogens is 424 g/mol. The lowest BCUT2D eigenvalue weighted by Gasteiger charge is -2.59. The Morgan fingerprint density at radius 1 is 1.30 bits per heavy atom. The summed E-state index contributed by atoms with van der Waals surface area (Å²) in [5.41, 5.74) is -1.35. The number of hydrogen-bond acceptors (Lipinski definition) is 7. The summed E-state index contributed by atoms with van der Waals surface area (Å²) < 4.78 is 18.2. The van der Waals surface area contributed by atoms with Crippen LogP contribution < -0.4 is 0 Å². The molecule has 0 radical (unpaired) electrons. The lowest BCUT2D eigenvalue weighted by Crippen LogP contribution is -2.63. The molecule has 0 spiro atoms. The molecule has 4 fully saturated rings. The number of aliphatic hydroxyl groups is 2. The van der Waals surface area contributed by atoms with Crippen molar-refractivity contribution in [1.29, 1.82) is 0 Å². The maximum atomic E-state index is 13.4. The monoisotopic (exact) mass is 454 g/mol. The SMILES string of the molecule is C[C@]12C=CC(=O)C=C1CC[C@@H]1[C@@H]2[C@@H](O)C[C@@]2(C)[C@H]1C[C@H]1OC(c3ccco3)O[C@]12C(=O)CO. The number of ether oxygens (including phenoxy) is 2. The Morgan fingerprint density at radius 2 is 2.12 bits per heavy atom. The number of hydrogen-bond donors (Lipinski definition) is 2. The van der Waals surface area contributed by atoms with Crippen LogP contribution in [-0.4, -0.2) is 46.2 Å². The van der Waals surface area contributed by atoms with Crippen molar-refractivity contribution in [3.8, 4) is 0 Å². The van der Waals surface area contributed by atoms with E-state index in [0.717, 1.165) is 18.4 Å². The molecule has 33 heavy (non-hydrogen) atoms. The topological polar surface area (TPSA) is 106 Å². The fraction of sp³-hybridized carbons (Fsp3) is 0.615. The fourth-order valence-electron chi connectivity index (χ4n) is 8.24. The summed E-state index contributed by atoms with van der Waals surface area (Å²) in [6.45, 7) is 3.49. The molecule has 0 amide bonds. The first-order chi connectivity index (χ1) is 15.7. The van der Waals surface area contributed by atoms with Gasteiger partial charge in [0.15, 0.2) is 22.9 Å². The van der Waals surface area contributed by atoms with Gasteiger partial charge in [0.1, 0.15) is 6.61 Å². The minimum absolute atomic E-state index is 0.00437. The molecule has 0 aromatic carbocycles. The molecule has 9 atom stereocenters. The third kappa shape index (κ3) is 2.59. The third-order valence-corrected chi connectivity index (χ3v) is 9.57. The highest BCUT2D eigenvalue weighted by molar-refractivity contribution is 6.01. The molecule has 1 saturated heterocycles. The van der Waals surface area contributed by atoms with Gasteiger partial charge in [0.2, 0.25) is 6.29 Å². The maximum Gasteiger partial charge on any atom is 0.218 e. The van der Waals surface area contributed by atoms with E-state index in [-0.39, 0.29) is 29.0 Å². The van der Waals surface area contributed by atoms with Crippen LogP contribution in [0.2, 0.25) is 0 Å². The first-order valence-electron chi connectivity index (χ1n) is 11.9. The molecule has 5 aliphatic rings. The second kappa shape index (κ2) is 6.98. The van der Waals surface area contributed by atoms with E-state index in [9.17, 15) is 19.8 Å². The Hall–Kier alpha value is -2.06. The Balaban J connectivity index is 1.41. The van der Waals surface area contributed by atoms with Gasteiger partial charge in [0, 0.05) is 16.7 Å². The summed E-state index contributed by atoms with van der Waals surface area (Å²) in [7, 11) is 0. The molecule has 1 aliphatic heterocycles. The van der Waals surface area contributed by atoms with Crippen molar-refractivity contribution in [2.45, 2.75) is 63.6 Å². The molecule has 1 aromatic heterocycles. The molecule has 6 rings (SSSR count).